The number of nitrogens with two attached hydrogens (primary N) is 1. The normalized spacial score (nSPS) is 16.2. The van der Waals surface area contributed by atoms with Gasteiger partial charge in [-0.3, -0.25) is 9.69 Å². The Morgan fingerprint density at radius 2 is 1.84 bits per heavy atom. The zero-order valence-electron chi connectivity index (χ0n) is 18.8. The van der Waals surface area contributed by atoms with Gasteiger partial charge in [0.1, 0.15) is 0 Å². The molecule has 0 aromatic heterocycles. The standard InChI is InChI=1S/C25H34N4O2/c1-18(2)22-12-5-6-13-23(22)27-25(30)19(3)31-28-24(26)21-11-9-10-20(16-21)17-29-14-7-4-8-15-29/h5-6,9-13,16,18-19H,4,7-8,14-15,17H2,1-3H3,(H2,26,28)(H,27,30). The van der Waals surface area contributed by atoms with Gasteiger partial charge < -0.3 is 15.9 Å². The van der Waals surface area contributed by atoms with Gasteiger partial charge in [-0.1, -0.05) is 61.8 Å². The van der Waals surface area contributed by atoms with Crippen molar-refractivity contribution in [2.45, 2.75) is 58.6 Å². The average molecular weight is 423 g/mol. The number of amides is 1. The summed E-state index contributed by atoms with van der Waals surface area (Å²) in [5.41, 5.74) is 10.0. The Morgan fingerprint density at radius 1 is 1.10 bits per heavy atom. The second-order valence-corrected chi connectivity index (χ2v) is 8.49. The second kappa shape index (κ2) is 11.0. The lowest BCUT2D eigenvalue weighted by Crippen LogP contribution is -2.29. The Labute approximate surface area is 185 Å². The third-order valence-corrected chi connectivity index (χ3v) is 5.60. The number of rotatable bonds is 8. The minimum absolute atomic E-state index is 0.261. The SMILES string of the molecule is CC(ON=C(N)c1cccc(CN2CCCCC2)c1)C(=O)Nc1ccccc1C(C)C. The summed E-state index contributed by atoms with van der Waals surface area (Å²) >= 11 is 0. The highest BCUT2D eigenvalue weighted by Crippen LogP contribution is 2.24. The number of carbonyl (C=O) groups is 1. The van der Waals surface area contributed by atoms with Crippen LogP contribution in [-0.2, 0) is 16.2 Å². The molecule has 6 heteroatoms. The number of benzene rings is 2. The fraction of sp³-hybridized carbons (Fsp3) is 0.440. The first-order valence-electron chi connectivity index (χ1n) is 11.1. The van der Waals surface area contributed by atoms with Crippen molar-refractivity contribution in [1.82, 2.24) is 4.90 Å². The third-order valence-electron chi connectivity index (χ3n) is 5.60. The van der Waals surface area contributed by atoms with E-state index in [9.17, 15) is 4.79 Å². The van der Waals surface area contributed by atoms with Crippen LogP contribution >= 0.6 is 0 Å². The first-order chi connectivity index (χ1) is 14.9. The summed E-state index contributed by atoms with van der Waals surface area (Å²) in [7, 11) is 0. The van der Waals surface area contributed by atoms with Crippen LogP contribution in [0.2, 0.25) is 0 Å². The van der Waals surface area contributed by atoms with Crippen LogP contribution < -0.4 is 11.1 Å². The van der Waals surface area contributed by atoms with Crippen molar-refractivity contribution in [3.8, 4) is 0 Å². The minimum atomic E-state index is -0.768. The van der Waals surface area contributed by atoms with Crippen molar-refractivity contribution in [2.24, 2.45) is 10.9 Å². The summed E-state index contributed by atoms with van der Waals surface area (Å²) in [6.45, 7) is 9.05. The molecule has 31 heavy (non-hydrogen) atoms. The largest absolute Gasteiger partial charge is 0.381 e. The smallest absolute Gasteiger partial charge is 0.267 e. The Morgan fingerprint density at radius 3 is 2.58 bits per heavy atom. The third kappa shape index (κ3) is 6.56. The maximum absolute atomic E-state index is 12.6. The molecule has 0 aliphatic carbocycles. The van der Waals surface area contributed by atoms with Crippen LogP contribution in [-0.4, -0.2) is 35.8 Å². The monoisotopic (exact) mass is 422 g/mol. The molecule has 2 aromatic carbocycles. The van der Waals surface area contributed by atoms with E-state index in [2.05, 4.69) is 35.3 Å². The van der Waals surface area contributed by atoms with Crippen molar-refractivity contribution in [3.63, 3.8) is 0 Å². The van der Waals surface area contributed by atoms with Crippen molar-refractivity contribution in [3.05, 3.63) is 65.2 Å². The molecule has 1 atom stereocenters. The predicted octanol–water partition coefficient (Wildman–Crippen LogP) is 4.46. The molecule has 1 saturated heterocycles. The molecular weight excluding hydrogens is 388 g/mol. The lowest BCUT2D eigenvalue weighted by atomic mass is 10.0. The number of hydrogen-bond acceptors (Lipinski definition) is 4. The molecule has 1 unspecified atom stereocenters. The molecule has 0 radical (unpaired) electrons. The van der Waals surface area contributed by atoms with Crippen LogP contribution in [0.25, 0.3) is 0 Å². The summed E-state index contributed by atoms with van der Waals surface area (Å²) in [5.74, 6) is 0.310. The van der Waals surface area contributed by atoms with Gasteiger partial charge in [0.15, 0.2) is 5.84 Å². The fourth-order valence-corrected chi connectivity index (χ4v) is 3.79. The van der Waals surface area contributed by atoms with E-state index in [1.807, 2.05) is 42.5 Å². The topological polar surface area (TPSA) is 80.0 Å². The Hall–Kier alpha value is -2.86. The molecule has 3 rings (SSSR count). The molecule has 6 nitrogen and oxygen atoms in total. The van der Waals surface area contributed by atoms with Gasteiger partial charge in [0.05, 0.1) is 0 Å². The molecule has 2 aromatic rings. The number of carbonyl (C=O) groups excluding carboxylic acids is 1. The van der Waals surface area contributed by atoms with Crippen LogP contribution in [0, 0.1) is 0 Å². The second-order valence-electron chi connectivity index (χ2n) is 8.49. The molecule has 1 amide bonds. The highest BCUT2D eigenvalue weighted by atomic mass is 16.6. The number of piperidine rings is 1. The summed E-state index contributed by atoms with van der Waals surface area (Å²) in [6, 6.07) is 15.8. The average Bonchev–Trinajstić information content (AvgIpc) is 2.78. The van der Waals surface area contributed by atoms with Crippen LogP contribution in [0.1, 0.15) is 62.6 Å². The van der Waals surface area contributed by atoms with Crippen molar-refractivity contribution >= 4 is 17.4 Å². The lowest BCUT2D eigenvalue weighted by molar-refractivity contribution is -0.126. The summed E-state index contributed by atoms with van der Waals surface area (Å²) in [5, 5.41) is 6.95. The van der Waals surface area contributed by atoms with Crippen LogP contribution in [0.3, 0.4) is 0 Å². The molecule has 0 saturated carbocycles. The maximum Gasteiger partial charge on any atom is 0.267 e. The molecule has 1 fully saturated rings. The Balaban J connectivity index is 1.59. The minimum Gasteiger partial charge on any atom is -0.381 e. The van der Waals surface area contributed by atoms with Crippen molar-refractivity contribution in [1.29, 1.82) is 0 Å². The predicted molar refractivity (Wildman–Crippen MR) is 126 cm³/mol. The fourth-order valence-electron chi connectivity index (χ4n) is 3.79. The lowest BCUT2D eigenvalue weighted by Gasteiger charge is -2.26. The number of oxime groups is 1. The first kappa shape index (κ1) is 22.8. The number of nitrogens with zero attached hydrogens (tertiary/aromatic N) is 2. The van der Waals surface area contributed by atoms with E-state index in [0.29, 0.717) is 5.92 Å². The van der Waals surface area contributed by atoms with E-state index in [-0.39, 0.29) is 11.7 Å². The van der Waals surface area contributed by atoms with Crippen LogP contribution in [0.5, 0.6) is 0 Å². The number of amidine groups is 1. The van der Waals surface area contributed by atoms with Gasteiger partial charge in [0.25, 0.3) is 5.91 Å². The molecule has 0 bridgehead atoms. The molecule has 1 aliphatic heterocycles. The zero-order valence-corrected chi connectivity index (χ0v) is 18.8. The number of hydrogen-bond donors (Lipinski definition) is 2. The van der Waals surface area contributed by atoms with Gasteiger partial charge in [0.2, 0.25) is 6.10 Å². The molecule has 0 spiro atoms. The molecular formula is C25H34N4O2. The molecule has 3 N–H and O–H groups in total. The van der Waals surface area contributed by atoms with E-state index >= 15 is 0 Å². The highest BCUT2D eigenvalue weighted by Gasteiger charge is 2.17. The van der Waals surface area contributed by atoms with Gasteiger partial charge in [0, 0.05) is 17.8 Å². The Kier molecular flexibility index (Phi) is 8.06. The number of likely N-dealkylation sites (tertiary alicyclic amines) is 1. The summed E-state index contributed by atoms with van der Waals surface area (Å²) in [4.78, 5) is 20.4. The quantitative estimate of drug-likeness (QED) is 0.374. The van der Waals surface area contributed by atoms with E-state index in [0.717, 1.165) is 36.4 Å². The van der Waals surface area contributed by atoms with E-state index in [4.69, 9.17) is 10.6 Å². The van der Waals surface area contributed by atoms with Crippen molar-refractivity contribution in [2.75, 3.05) is 18.4 Å². The first-order valence-corrected chi connectivity index (χ1v) is 11.1. The van der Waals surface area contributed by atoms with Gasteiger partial charge in [-0.15, -0.1) is 0 Å². The van der Waals surface area contributed by atoms with Gasteiger partial charge >= 0.3 is 0 Å². The van der Waals surface area contributed by atoms with E-state index in [1.165, 1.54) is 24.8 Å². The molecule has 1 aliphatic rings. The van der Waals surface area contributed by atoms with Gasteiger partial charge in [-0.25, -0.2) is 0 Å². The van der Waals surface area contributed by atoms with E-state index < -0.39 is 6.10 Å². The van der Waals surface area contributed by atoms with Gasteiger partial charge in [-0.05, 0) is 62.0 Å². The van der Waals surface area contributed by atoms with Crippen LogP contribution in [0.15, 0.2) is 53.7 Å². The number of para-hydroxylation sites is 1. The summed E-state index contributed by atoms with van der Waals surface area (Å²) in [6.07, 6.45) is 3.08. The number of anilines is 1. The molecule has 166 valence electrons. The zero-order chi connectivity index (χ0) is 22.2. The Bertz CT molecular complexity index is 904. The summed E-state index contributed by atoms with van der Waals surface area (Å²) < 4.78 is 0. The van der Waals surface area contributed by atoms with Crippen molar-refractivity contribution < 1.29 is 9.63 Å². The highest BCUT2D eigenvalue weighted by molar-refractivity contribution is 5.97. The molecule has 1 heterocycles. The van der Waals surface area contributed by atoms with E-state index in [1.54, 1.807) is 6.92 Å². The number of nitrogens with one attached hydrogen (secondary N) is 1. The van der Waals surface area contributed by atoms with Gasteiger partial charge in [-0.2, -0.15) is 0 Å². The van der Waals surface area contributed by atoms with Crippen LogP contribution in [0.4, 0.5) is 5.69 Å². The maximum atomic E-state index is 12.6.